The number of para-hydroxylation sites is 3. The number of hydrogen-bond acceptors (Lipinski definition) is 3. The quantitative estimate of drug-likeness (QED) is 0.412. The van der Waals surface area contributed by atoms with Gasteiger partial charge in [0.15, 0.2) is 0 Å². The number of fused-ring (bicyclic) bond motifs is 2. The molecule has 0 atom stereocenters. The zero-order chi connectivity index (χ0) is 17.9. The summed E-state index contributed by atoms with van der Waals surface area (Å²) < 4.78 is 1.39. The summed E-state index contributed by atoms with van der Waals surface area (Å²) in [4.78, 5) is 2.38. The van der Waals surface area contributed by atoms with Gasteiger partial charge in [-0.25, -0.2) is 0 Å². The Morgan fingerprint density at radius 2 is 1.35 bits per heavy atom. The van der Waals surface area contributed by atoms with E-state index in [4.69, 9.17) is 0 Å². The summed E-state index contributed by atoms with van der Waals surface area (Å²) in [6, 6.07) is 28.1. The predicted octanol–water partition coefficient (Wildman–Crippen LogP) is 5.87. The SMILES string of the molecule is BCSC(SC)=C1c2ccccc2N(c2ccccc2)c2ccccc21. The summed E-state index contributed by atoms with van der Waals surface area (Å²) in [6.45, 7) is 0. The smallest absolute Gasteiger partial charge is 0.114 e. The predicted molar refractivity (Wildman–Crippen MR) is 122 cm³/mol. The van der Waals surface area contributed by atoms with Crippen molar-refractivity contribution in [3.05, 3.63) is 94.2 Å². The molecule has 0 bridgehead atoms. The molecule has 3 aromatic carbocycles. The van der Waals surface area contributed by atoms with Crippen LogP contribution in [0.1, 0.15) is 11.1 Å². The van der Waals surface area contributed by atoms with Crippen LogP contribution in [-0.2, 0) is 0 Å². The Kier molecular flexibility index (Phi) is 5.14. The van der Waals surface area contributed by atoms with Crippen molar-refractivity contribution in [1.82, 2.24) is 0 Å². The van der Waals surface area contributed by atoms with Crippen LogP contribution in [0.2, 0.25) is 0 Å². The van der Waals surface area contributed by atoms with E-state index in [0.717, 1.165) is 5.65 Å². The molecular weight excluding hydrogens is 353 g/mol. The number of rotatable bonds is 4. The molecule has 1 heterocycles. The third-order valence-corrected chi connectivity index (χ3v) is 6.69. The largest absolute Gasteiger partial charge is 0.309 e. The van der Waals surface area contributed by atoms with Crippen molar-refractivity contribution >= 4 is 54.0 Å². The molecule has 0 aliphatic carbocycles. The van der Waals surface area contributed by atoms with Crippen molar-refractivity contribution in [2.24, 2.45) is 0 Å². The fraction of sp³-hybridized carbons (Fsp3) is 0.0909. The van der Waals surface area contributed by atoms with Crippen molar-refractivity contribution in [2.45, 2.75) is 0 Å². The van der Waals surface area contributed by atoms with Crippen molar-refractivity contribution < 1.29 is 0 Å². The fourth-order valence-electron chi connectivity index (χ4n) is 3.47. The van der Waals surface area contributed by atoms with Gasteiger partial charge in [0.2, 0.25) is 0 Å². The molecule has 128 valence electrons. The van der Waals surface area contributed by atoms with E-state index < -0.39 is 0 Å². The van der Waals surface area contributed by atoms with Crippen molar-refractivity contribution in [3.63, 3.8) is 0 Å². The average molecular weight is 373 g/mol. The molecule has 0 fully saturated rings. The molecular formula is C22H20BNS2. The minimum Gasteiger partial charge on any atom is -0.309 e. The first-order valence-corrected chi connectivity index (χ1v) is 11.0. The second-order valence-electron chi connectivity index (χ2n) is 6.00. The molecule has 3 aromatic rings. The summed E-state index contributed by atoms with van der Waals surface area (Å²) in [6.07, 6.45) is 2.18. The lowest BCUT2D eigenvalue weighted by molar-refractivity contribution is 1.24. The van der Waals surface area contributed by atoms with Crippen molar-refractivity contribution in [3.8, 4) is 0 Å². The molecule has 1 aliphatic rings. The first kappa shape index (κ1) is 17.4. The van der Waals surface area contributed by atoms with Gasteiger partial charge in [0, 0.05) is 26.6 Å². The lowest BCUT2D eigenvalue weighted by Crippen LogP contribution is -2.18. The molecule has 26 heavy (non-hydrogen) atoms. The van der Waals surface area contributed by atoms with Crippen molar-refractivity contribution in [2.75, 3.05) is 16.8 Å². The van der Waals surface area contributed by atoms with Crippen LogP contribution in [0.4, 0.5) is 17.1 Å². The molecule has 0 radical (unpaired) electrons. The molecule has 4 heteroatoms. The summed E-state index contributed by atoms with van der Waals surface area (Å²) in [7, 11) is 2.22. The van der Waals surface area contributed by atoms with E-state index in [9.17, 15) is 0 Å². The number of thioether (sulfide) groups is 2. The Morgan fingerprint density at radius 3 is 1.88 bits per heavy atom. The zero-order valence-corrected chi connectivity index (χ0v) is 16.6. The molecule has 1 nitrogen and oxygen atoms in total. The lowest BCUT2D eigenvalue weighted by atomic mass is 9.91. The Morgan fingerprint density at radius 1 is 0.808 bits per heavy atom. The summed E-state index contributed by atoms with van der Waals surface area (Å²) in [5, 5.41) is 0. The van der Waals surface area contributed by atoms with Gasteiger partial charge in [0.05, 0.1) is 11.4 Å². The molecule has 0 saturated heterocycles. The Balaban J connectivity index is 2.04. The number of hydrogen-bond donors (Lipinski definition) is 0. The monoisotopic (exact) mass is 373 g/mol. The minimum absolute atomic E-state index is 1.08. The maximum absolute atomic E-state index is 2.38. The fourth-order valence-corrected chi connectivity index (χ4v) is 5.35. The van der Waals surface area contributed by atoms with Crippen LogP contribution in [0.5, 0.6) is 0 Å². The average Bonchev–Trinajstić information content (AvgIpc) is 2.71. The standard InChI is InChI=1S/C22H20BNS2/c1-25-22(26-15-23)21-17-11-5-7-13-19(17)24(16-9-3-2-4-10-16)20-14-8-6-12-18(20)21/h2-14H,15,23H2,1H3. The molecule has 0 spiro atoms. The highest BCUT2D eigenvalue weighted by molar-refractivity contribution is 8.22. The van der Waals surface area contributed by atoms with E-state index in [2.05, 4.69) is 97.9 Å². The van der Waals surface area contributed by atoms with E-state index in [-0.39, 0.29) is 0 Å². The second kappa shape index (κ2) is 7.69. The van der Waals surface area contributed by atoms with Gasteiger partial charge in [-0.2, -0.15) is 0 Å². The minimum atomic E-state index is 1.08. The van der Waals surface area contributed by atoms with Gasteiger partial charge in [-0.15, -0.1) is 23.5 Å². The lowest BCUT2D eigenvalue weighted by Gasteiger charge is -2.35. The van der Waals surface area contributed by atoms with Crippen LogP contribution < -0.4 is 4.90 Å². The third kappa shape index (κ3) is 2.98. The van der Waals surface area contributed by atoms with Gasteiger partial charge in [-0.1, -0.05) is 54.6 Å². The molecule has 4 rings (SSSR count). The maximum Gasteiger partial charge on any atom is 0.114 e. The highest BCUT2D eigenvalue weighted by Crippen LogP contribution is 2.51. The first-order chi connectivity index (χ1) is 12.8. The van der Waals surface area contributed by atoms with Crippen LogP contribution in [0.15, 0.2) is 83.1 Å². The molecule has 0 saturated carbocycles. The normalized spacial score (nSPS) is 12.5. The van der Waals surface area contributed by atoms with Gasteiger partial charge in [-0.3, -0.25) is 0 Å². The van der Waals surface area contributed by atoms with Crippen LogP contribution >= 0.6 is 23.5 Å². The Hall–Kier alpha value is -2.04. The first-order valence-electron chi connectivity index (χ1n) is 8.80. The Labute approximate surface area is 164 Å². The van der Waals surface area contributed by atoms with E-state index in [1.165, 1.54) is 38.0 Å². The van der Waals surface area contributed by atoms with Crippen LogP contribution in [-0.4, -0.2) is 19.8 Å². The van der Waals surface area contributed by atoms with Gasteiger partial charge >= 0.3 is 0 Å². The van der Waals surface area contributed by atoms with Gasteiger partial charge in [0.25, 0.3) is 0 Å². The van der Waals surface area contributed by atoms with Crippen LogP contribution in [0, 0.1) is 0 Å². The third-order valence-electron chi connectivity index (χ3n) is 4.51. The van der Waals surface area contributed by atoms with Crippen LogP contribution in [0.25, 0.3) is 5.57 Å². The van der Waals surface area contributed by atoms with E-state index in [1.807, 2.05) is 23.5 Å². The summed E-state index contributed by atoms with van der Waals surface area (Å²) in [5.41, 5.74) is 8.74. The number of nitrogens with zero attached hydrogens (tertiary/aromatic N) is 1. The summed E-state index contributed by atoms with van der Waals surface area (Å²) >= 11 is 3.78. The topological polar surface area (TPSA) is 3.24 Å². The maximum atomic E-state index is 2.38. The highest BCUT2D eigenvalue weighted by atomic mass is 32.2. The molecule has 0 unspecified atom stereocenters. The second-order valence-corrected chi connectivity index (χ2v) is 8.35. The molecule has 0 aromatic heterocycles. The number of anilines is 3. The molecule has 0 N–H and O–H groups in total. The van der Waals surface area contributed by atoms with E-state index in [0.29, 0.717) is 0 Å². The van der Waals surface area contributed by atoms with Gasteiger partial charge in [0.1, 0.15) is 7.85 Å². The molecule has 0 amide bonds. The highest BCUT2D eigenvalue weighted by Gasteiger charge is 2.28. The zero-order valence-electron chi connectivity index (χ0n) is 15.0. The summed E-state index contributed by atoms with van der Waals surface area (Å²) in [5.74, 6) is 0. The van der Waals surface area contributed by atoms with Crippen LogP contribution in [0.3, 0.4) is 0 Å². The number of benzene rings is 3. The van der Waals surface area contributed by atoms with E-state index >= 15 is 0 Å². The Bertz CT molecular complexity index is 904. The molecule has 1 aliphatic heterocycles. The van der Waals surface area contributed by atoms with Gasteiger partial charge in [-0.05, 0) is 36.2 Å². The van der Waals surface area contributed by atoms with E-state index in [1.54, 1.807) is 0 Å². The van der Waals surface area contributed by atoms with Gasteiger partial charge < -0.3 is 4.90 Å². The van der Waals surface area contributed by atoms with Crippen molar-refractivity contribution in [1.29, 1.82) is 0 Å².